The molecule has 0 fully saturated rings. The van der Waals surface area contributed by atoms with Crippen LogP contribution < -0.4 is 4.74 Å². The summed E-state index contributed by atoms with van der Waals surface area (Å²) in [5.41, 5.74) is 0.745. The molecule has 1 heterocycles. The zero-order valence-corrected chi connectivity index (χ0v) is 16.8. The molecule has 0 radical (unpaired) electrons. The molecular weight excluding hydrogens is 406 g/mol. The van der Waals surface area contributed by atoms with Gasteiger partial charge in [-0.1, -0.05) is 17.7 Å². The summed E-state index contributed by atoms with van der Waals surface area (Å²) in [6.45, 7) is 2.29. The molecule has 0 aliphatic carbocycles. The molecule has 4 nitrogen and oxygen atoms in total. The normalized spacial score (nSPS) is 10.8. The first-order valence-corrected chi connectivity index (χ1v) is 9.73. The van der Waals surface area contributed by atoms with Gasteiger partial charge < -0.3 is 9.64 Å². The summed E-state index contributed by atoms with van der Waals surface area (Å²) in [5, 5.41) is 2.25. The highest BCUT2D eigenvalue weighted by Gasteiger charge is 2.17. The maximum absolute atomic E-state index is 14.5. The highest BCUT2D eigenvalue weighted by atomic mass is 35.5. The molecule has 3 aromatic rings. The molecule has 0 saturated carbocycles. The van der Waals surface area contributed by atoms with Gasteiger partial charge in [-0.25, -0.2) is 13.8 Å². The Balaban J connectivity index is 1.76. The molecule has 0 bridgehead atoms. The fraction of sp³-hybridized carbons (Fsp3) is 0.200. The predicted molar refractivity (Wildman–Crippen MR) is 106 cm³/mol. The quantitative estimate of drug-likeness (QED) is 0.533. The minimum Gasteiger partial charge on any atom is -0.489 e. The van der Waals surface area contributed by atoms with Crippen molar-refractivity contribution >= 4 is 28.8 Å². The monoisotopic (exact) mass is 422 g/mol. The number of carbonyl (C=O) groups excluding carboxylic acids is 1. The fourth-order valence-corrected chi connectivity index (χ4v) is 3.46. The van der Waals surface area contributed by atoms with Crippen molar-refractivity contribution in [1.29, 1.82) is 0 Å². The Kier molecular flexibility index (Phi) is 6.26. The maximum Gasteiger partial charge on any atom is 0.273 e. The van der Waals surface area contributed by atoms with Gasteiger partial charge in [-0.05, 0) is 31.2 Å². The Morgan fingerprint density at radius 1 is 1.25 bits per heavy atom. The first-order valence-electron chi connectivity index (χ1n) is 8.47. The summed E-state index contributed by atoms with van der Waals surface area (Å²) in [7, 11) is 1.68. The van der Waals surface area contributed by atoms with E-state index in [2.05, 4.69) is 4.98 Å². The van der Waals surface area contributed by atoms with Gasteiger partial charge in [-0.3, -0.25) is 4.79 Å². The Morgan fingerprint density at radius 2 is 2.04 bits per heavy atom. The highest BCUT2D eigenvalue weighted by Crippen LogP contribution is 2.30. The maximum atomic E-state index is 14.5. The van der Waals surface area contributed by atoms with Crippen LogP contribution in [0.1, 0.15) is 23.0 Å². The second-order valence-electron chi connectivity index (χ2n) is 5.99. The summed E-state index contributed by atoms with van der Waals surface area (Å²) in [4.78, 5) is 17.9. The lowest BCUT2D eigenvalue weighted by Gasteiger charge is -2.12. The van der Waals surface area contributed by atoms with Crippen molar-refractivity contribution in [2.24, 2.45) is 0 Å². The minimum atomic E-state index is -0.547. The van der Waals surface area contributed by atoms with E-state index in [4.69, 9.17) is 16.3 Å². The Bertz CT molecular complexity index is 989. The topological polar surface area (TPSA) is 42.4 Å². The van der Waals surface area contributed by atoms with Crippen molar-refractivity contribution in [2.75, 3.05) is 13.6 Å². The number of carbonyl (C=O) groups is 1. The average Bonchev–Trinajstić information content (AvgIpc) is 3.16. The van der Waals surface area contributed by atoms with Crippen LogP contribution in [0.25, 0.3) is 10.6 Å². The van der Waals surface area contributed by atoms with E-state index in [9.17, 15) is 13.6 Å². The van der Waals surface area contributed by atoms with E-state index in [1.165, 1.54) is 40.5 Å². The van der Waals surface area contributed by atoms with E-state index >= 15 is 0 Å². The second kappa shape index (κ2) is 8.67. The number of halogens is 3. The molecule has 0 spiro atoms. The van der Waals surface area contributed by atoms with Crippen molar-refractivity contribution in [3.63, 3.8) is 0 Å². The average molecular weight is 423 g/mol. The standard InChI is InChI=1S/C20H17ClF2N2O2S/c1-3-25(2)20(26)18-11-28-19(24-18)13-8-7-12(9-17(13)23)27-10-14-15(21)5-4-6-16(14)22/h4-9,11H,3,10H2,1-2H3. The Hall–Kier alpha value is -2.51. The number of aromatic nitrogens is 1. The van der Waals surface area contributed by atoms with Crippen molar-refractivity contribution in [1.82, 2.24) is 9.88 Å². The van der Waals surface area contributed by atoms with E-state index in [1.54, 1.807) is 24.6 Å². The zero-order chi connectivity index (χ0) is 20.3. The molecular formula is C20H17ClF2N2O2S. The summed E-state index contributed by atoms with van der Waals surface area (Å²) in [6.07, 6.45) is 0. The number of thiazole rings is 1. The smallest absolute Gasteiger partial charge is 0.273 e. The molecule has 3 rings (SSSR count). The molecule has 0 aliphatic heterocycles. The van der Waals surface area contributed by atoms with Gasteiger partial charge in [0.25, 0.3) is 5.91 Å². The molecule has 1 aromatic heterocycles. The fourth-order valence-electron chi connectivity index (χ4n) is 2.42. The molecule has 2 aromatic carbocycles. The number of hydrogen-bond acceptors (Lipinski definition) is 4. The molecule has 8 heteroatoms. The summed E-state index contributed by atoms with van der Waals surface area (Å²) in [5.74, 6) is -1.01. The van der Waals surface area contributed by atoms with Crippen molar-refractivity contribution in [2.45, 2.75) is 13.5 Å². The second-order valence-corrected chi connectivity index (χ2v) is 7.25. The lowest BCUT2D eigenvalue weighted by molar-refractivity contribution is 0.0797. The Morgan fingerprint density at radius 3 is 2.71 bits per heavy atom. The van der Waals surface area contributed by atoms with E-state index in [1.807, 2.05) is 6.92 Å². The van der Waals surface area contributed by atoms with Crippen molar-refractivity contribution in [3.05, 3.63) is 69.7 Å². The van der Waals surface area contributed by atoms with Crippen LogP contribution in [0.5, 0.6) is 5.75 Å². The molecule has 146 valence electrons. The van der Waals surface area contributed by atoms with Gasteiger partial charge in [-0.2, -0.15) is 0 Å². The minimum absolute atomic E-state index is 0.121. The van der Waals surface area contributed by atoms with Gasteiger partial charge in [0.15, 0.2) is 0 Å². The van der Waals surface area contributed by atoms with Gasteiger partial charge in [0.05, 0.1) is 5.02 Å². The van der Waals surface area contributed by atoms with Crippen LogP contribution in [0.2, 0.25) is 5.02 Å². The van der Waals surface area contributed by atoms with Crippen LogP contribution in [0.4, 0.5) is 8.78 Å². The third-order valence-electron chi connectivity index (χ3n) is 4.16. The highest BCUT2D eigenvalue weighted by molar-refractivity contribution is 7.13. The molecule has 1 amide bonds. The number of hydrogen-bond donors (Lipinski definition) is 0. The van der Waals surface area contributed by atoms with Crippen molar-refractivity contribution < 1.29 is 18.3 Å². The summed E-state index contributed by atoms with van der Waals surface area (Å²) >= 11 is 7.15. The first kappa shape index (κ1) is 20.2. The molecule has 0 unspecified atom stereocenters. The van der Waals surface area contributed by atoms with Gasteiger partial charge in [0.2, 0.25) is 0 Å². The van der Waals surface area contributed by atoms with E-state index in [0.29, 0.717) is 11.6 Å². The SMILES string of the molecule is CCN(C)C(=O)c1csc(-c2ccc(OCc3c(F)cccc3Cl)cc2F)n1. The lowest BCUT2D eigenvalue weighted by atomic mass is 10.2. The molecule has 0 saturated heterocycles. The lowest BCUT2D eigenvalue weighted by Crippen LogP contribution is -2.26. The zero-order valence-electron chi connectivity index (χ0n) is 15.2. The van der Waals surface area contributed by atoms with E-state index in [0.717, 1.165) is 0 Å². The molecule has 0 N–H and O–H groups in total. The van der Waals surface area contributed by atoms with Crippen LogP contribution in [-0.2, 0) is 6.61 Å². The number of nitrogens with zero attached hydrogens (tertiary/aromatic N) is 2. The number of ether oxygens (including phenoxy) is 1. The van der Waals surface area contributed by atoms with E-state index in [-0.39, 0.29) is 40.1 Å². The van der Waals surface area contributed by atoms with Gasteiger partial charge >= 0.3 is 0 Å². The van der Waals surface area contributed by atoms with Gasteiger partial charge in [-0.15, -0.1) is 11.3 Å². The van der Waals surface area contributed by atoms with Crippen molar-refractivity contribution in [3.8, 4) is 16.3 Å². The van der Waals surface area contributed by atoms with Crippen LogP contribution in [-0.4, -0.2) is 29.4 Å². The predicted octanol–water partition coefficient (Wildman–Crippen LogP) is 5.41. The number of amides is 1. The summed E-state index contributed by atoms with van der Waals surface area (Å²) < 4.78 is 33.8. The van der Waals surface area contributed by atoms with Crippen LogP contribution in [0.3, 0.4) is 0 Å². The van der Waals surface area contributed by atoms with Crippen LogP contribution >= 0.6 is 22.9 Å². The van der Waals surface area contributed by atoms with Gasteiger partial charge in [0, 0.05) is 36.2 Å². The van der Waals surface area contributed by atoms with Gasteiger partial charge in [0.1, 0.15) is 34.7 Å². The van der Waals surface area contributed by atoms with E-state index < -0.39 is 11.6 Å². The van der Waals surface area contributed by atoms with Crippen LogP contribution in [0.15, 0.2) is 41.8 Å². The van der Waals surface area contributed by atoms with Crippen LogP contribution in [0, 0.1) is 11.6 Å². The third kappa shape index (κ3) is 4.31. The molecule has 28 heavy (non-hydrogen) atoms. The largest absolute Gasteiger partial charge is 0.489 e. The first-order chi connectivity index (χ1) is 13.4. The molecule has 0 atom stereocenters. The summed E-state index contributed by atoms with van der Waals surface area (Å²) in [6, 6.07) is 8.63. The number of rotatable bonds is 6. The Labute approximate surface area is 170 Å². The number of benzene rings is 2. The molecule has 0 aliphatic rings. The third-order valence-corrected chi connectivity index (χ3v) is 5.39.